The fourth-order valence-electron chi connectivity index (χ4n) is 1.94. The summed E-state index contributed by atoms with van der Waals surface area (Å²) < 4.78 is 1.49. The summed E-state index contributed by atoms with van der Waals surface area (Å²) in [4.78, 5) is 26.3. The van der Waals surface area contributed by atoms with Gasteiger partial charge in [-0.25, -0.2) is 4.79 Å². The zero-order valence-corrected chi connectivity index (χ0v) is 12.7. The predicted molar refractivity (Wildman–Crippen MR) is 81.3 cm³/mol. The lowest BCUT2D eigenvalue weighted by Crippen LogP contribution is -2.44. The van der Waals surface area contributed by atoms with Gasteiger partial charge in [-0.3, -0.25) is 9.36 Å². The highest BCUT2D eigenvalue weighted by Gasteiger charge is 2.25. The van der Waals surface area contributed by atoms with E-state index in [9.17, 15) is 14.7 Å². The SMILES string of the molecule is CC(C)C(C)(O)CNC(=O)c1ccc2c(c1)[nH]c(=O)n2C. The Morgan fingerprint density at radius 1 is 1.48 bits per heavy atom. The Kier molecular flexibility index (Phi) is 3.91. The number of aryl methyl sites for hydroxylation is 1. The van der Waals surface area contributed by atoms with E-state index in [1.165, 1.54) is 4.57 Å². The number of imidazole rings is 1. The summed E-state index contributed by atoms with van der Waals surface area (Å²) in [6.07, 6.45) is 0. The molecule has 0 bridgehead atoms. The van der Waals surface area contributed by atoms with Crippen LogP contribution in [0.1, 0.15) is 31.1 Å². The quantitative estimate of drug-likeness (QED) is 0.785. The lowest BCUT2D eigenvalue weighted by atomic mass is 9.92. The molecule has 0 fully saturated rings. The molecule has 0 aliphatic heterocycles. The number of nitrogens with zero attached hydrogens (tertiary/aromatic N) is 1. The van der Waals surface area contributed by atoms with E-state index in [0.717, 1.165) is 5.52 Å². The summed E-state index contributed by atoms with van der Waals surface area (Å²) in [5.74, 6) is -0.242. The maximum atomic E-state index is 12.1. The number of rotatable bonds is 4. The predicted octanol–water partition coefficient (Wildman–Crippen LogP) is 1.00. The largest absolute Gasteiger partial charge is 0.388 e. The summed E-state index contributed by atoms with van der Waals surface area (Å²) in [7, 11) is 1.67. The van der Waals surface area contributed by atoms with Gasteiger partial charge in [0.25, 0.3) is 5.91 Å². The number of hydrogen-bond acceptors (Lipinski definition) is 3. The fourth-order valence-corrected chi connectivity index (χ4v) is 1.94. The molecule has 0 radical (unpaired) electrons. The Bertz CT molecular complexity index is 725. The van der Waals surface area contributed by atoms with E-state index in [0.29, 0.717) is 11.1 Å². The van der Waals surface area contributed by atoms with Crippen molar-refractivity contribution >= 4 is 16.9 Å². The smallest absolute Gasteiger partial charge is 0.326 e. The minimum Gasteiger partial charge on any atom is -0.388 e. The van der Waals surface area contributed by atoms with E-state index in [2.05, 4.69) is 10.3 Å². The van der Waals surface area contributed by atoms with Crippen LogP contribution in [-0.2, 0) is 7.05 Å². The van der Waals surface area contributed by atoms with Crippen molar-refractivity contribution in [2.45, 2.75) is 26.4 Å². The van der Waals surface area contributed by atoms with Crippen molar-refractivity contribution in [1.82, 2.24) is 14.9 Å². The van der Waals surface area contributed by atoms with Crippen molar-refractivity contribution in [3.05, 3.63) is 34.2 Å². The van der Waals surface area contributed by atoms with Crippen LogP contribution in [0.4, 0.5) is 0 Å². The lowest BCUT2D eigenvalue weighted by Gasteiger charge is -2.27. The van der Waals surface area contributed by atoms with Crippen molar-refractivity contribution in [2.75, 3.05) is 6.54 Å². The van der Waals surface area contributed by atoms with Crippen LogP contribution >= 0.6 is 0 Å². The number of benzene rings is 1. The minimum atomic E-state index is -0.958. The molecule has 0 spiro atoms. The van der Waals surface area contributed by atoms with Crippen molar-refractivity contribution in [3.63, 3.8) is 0 Å². The number of aromatic amines is 1. The van der Waals surface area contributed by atoms with E-state index in [1.807, 2.05) is 13.8 Å². The first-order valence-electron chi connectivity index (χ1n) is 6.91. The molecule has 1 aromatic heterocycles. The highest BCUT2D eigenvalue weighted by molar-refractivity contribution is 5.97. The van der Waals surface area contributed by atoms with E-state index in [4.69, 9.17) is 0 Å². The Balaban J connectivity index is 2.19. The third-order valence-corrected chi connectivity index (χ3v) is 4.02. The number of nitrogens with one attached hydrogen (secondary N) is 2. The zero-order valence-electron chi connectivity index (χ0n) is 12.7. The second-order valence-electron chi connectivity index (χ2n) is 5.92. The molecule has 2 rings (SSSR count). The van der Waals surface area contributed by atoms with Gasteiger partial charge in [-0.05, 0) is 31.0 Å². The molecule has 6 heteroatoms. The van der Waals surface area contributed by atoms with Crippen molar-refractivity contribution in [1.29, 1.82) is 0 Å². The average molecular weight is 291 g/mol. The van der Waals surface area contributed by atoms with E-state index in [1.54, 1.807) is 32.2 Å². The van der Waals surface area contributed by atoms with Crippen LogP contribution in [0.2, 0.25) is 0 Å². The highest BCUT2D eigenvalue weighted by atomic mass is 16.3. The molecule has 0 saturated heterocycles. The van der Waals surface area contributed by atoms with Crippen molar-refractivity contribution < 1.29 is 9.90 Å². The number of aromatic nitrogens is 2. The normalized spacial score (nSPS) is 14.4. The van der Waals surface area contributed by atoms with Gasteiger partial charge in [0.2, 0.25) is 0 Å². The summed E-state index contributed by atoms with van der Waals surface area (Å²) in [5, 5.41) is 12.9. The standard InChI is InChI=1S/C15H21N3O3/c1-9(2)15(3,21)8-16-13(19)10-5-6-12-11(7-10)17-14(20)18(12)4/h5-7,9,21H,8H2,1-4H3,(H,16,19)(H,17,20). The van der Waals surface area contributed by atoms with Crippen LogP contribution in [0, 0.1) is 5.92 Å². The zero-order chi connectivity index (χ0) is 15.8. The number of hydrogen-bond donors (Lipinski definition) is 3. The van der Waals surface area contributed by atoms with Crippen LogP contribution in [0.15, 0.2) is 23.0 Å². The third kappa shape index (κ3) is 3.00. The van der Waals surface area contributed by atoms with Crippen LogP contribution in [0.25, 0.3) is 11.0 Å². The molecule has 0 aliphatic carbocycles. The molecular formula is C15H21N3O3. The fraction of sp³-hybridized carbons (Fsp3) is 0.467. The molecule has 1 amide bonds. The lowest BCUT2D eigenvalue weighted by molar-refractivity contribution is 0.0142. The Hall–Kier alpha value is -2.08. The number of fused-ring (bicyclic) bond motifs is 1. The maximum Gasteiger partial charge on any atom is 0.326 e. The molecular weight excluding hydrogens is 270 g/mol. The summed E-state index contributed by atoms with van der Waals surface area (Å²) >= 11 is 0. The number of carbonyl (C=O) groups excluding carboxylic acids is 1. The second-order valence-corrected chi connectivity index (χ2v) is 5.92. The monoisotopic (exact) mass is 291 g/mol. The van der Waals surface area contributed by atoms with Crippen LogP contribution < -0.4 is 11.0 Å². The van der Waals surface area contributed by atoms with Gasteiger partial charge in [0.05, 0.1) is 16.6 Å². The number of carbonyl (C=O) groups is 1. The molecule has 21 heavy (non-hydrogen) atoms. The van der Waals surface area contributed by atoms with Gasteiger partial charge < -0.3 is 15.4 Å². The van der Waals surface area contributed by atoms with Gasteiger partial charge in [0.1, 0.15) is 0 Å². The molecule has 114 valence electrons. The number of amides is 1. The molecule has 1 aromatic carbocycles. The highest BCUT2D eigenvalue weighted by Crippen LogP contribution is 2.15. The molecule has 1 unspecified atom stereocenters. The van der Waals surface area contributed by atoms with E-state index < -0.39 is 5.60 Å². The van der Waals surface area contributed by atoms with Crippen molar-refractivity contribution in [2.24, 2.45) is 13.0 Å². The third-order valence-electron chi connectivity index (χ3n) is 4.02. The van der Waals surface area contributed by atoms with Crippen LogP contribution in [0.3, 0.4) is 0 Å². The summed E-state index contributed by atoms with van der Waals surface area (Å²) in [5.41, 5.74) is 0.631. The Morgan fingerprint density at radius 3 is 2.76 bits per heavy atom. The first-order valence-corrected chi connectivity index (χ1v) is 6.91. The van der Waals surface area contributed by atoms with Gasteiger partial charge in [0.15, 0.2) is 0 Å². The number of H-pyrrole nitrogens is 1. The topological polar surface area (TPSA) is 87.1 Å². The van der Waals surface area contributed by atoms with Crippen LogP contribution in [0.5, 0.6) is 0 Å². The van der Waals surface area contributed by atoms with Gasteiger partial charge in [-0.2, -0.15) is 0 Å². The minimum absolute atomic E-state index is 0.0331. The molecule has 2 aromatic rings. The molecule has 6 nitrogen and oxygen atoms in total. The maximum absolute atomic E-state index is 12.1. The Labute approximate surface area is 122 Å². The molecule has 1 atom stereocenters. The summed E-state index contributed by atoms with van der Waals surface area (Å²) in [6.45, 7) is 5.66. The van der Waals surface area contributed by atoms with Crippen molar-refractivity contribution in [3.8, 4) is 0 Å². The van der Waals surface area contributed by atoms with E-state index in [-0.39, 0.29) is 24.1 Å². The molecule has 0 saturated carbocycles. The van der Waals surface area contributed by atoms with Gasteiger partial charge in [-0.1, -0.05) is 13.8 Å². The van der Waals surface area contributed by atoms with Crippen LogP contribution in [-0.4, -0.2) is 32.7 Å². The molecule has 3 N–H and O–H groups in total. The molecule has 1 heterocycles. The number of aliphatic hydroxyl groups is 1. The van der Waals surface area contributed by atoms with Gasteiger partial charge >= 0.3 is 5.69 Å². The average Bonchev–Trinajstić information content (AvgIpc) is 2.71. The van der Waals surface area contributed by atoms with Gasteiger partial charge in [0, 0.05) is 19.2 Å². The first-order chi connectivity index (χ1) is 9.72. The van der Waals surface area contributed by atoms with Gasteiger partial charge in [-0.15, -0.1) is 0 Å². The second kappa shape index (κ2) is 5.37. The molecule has 0 aliphatic rings. The Morgan fingerprint density at radius 2 is 2.14 bits per heavy atom. The van der Waals surface area contributed by atoms with E-state index >= 15 is 0 Å². The first kappa shape index (κ1) is 15.3. The summed E-state index contributed by atoms with van der Waals surface area (Å²) in [6, 6.07) is 5.02.